The molecule has 0 saturated heterocycles. The molecule has 0 spiro atoms. The summed E-state index contributed by atoms with van der Waals surface area (Å²) in [6.07, 6.45) is 0. The summed E-state index contributed by atoms with van der Waals surface area (Å²) in [7, 11) is 0. The summed E-state index contributed by atoms with van der Waals surface area (Å²) in [5, 5.41) is 1.91. The van der Waals surface area contributed by atoms with E-state index in [1.54, 1.807) is 12.1 Å². The molecule has 140 valence electrons. The number of anilines is 2. The van der Waals surface area contributed by atoms with Gasteiger partial charge >= 0.3 is 5.24 Å². The van der Waals surface area contributed by atoms with Crippen LogP contribution in [0.25, 0.3) is 11.1 Å². The van der Waals surface area contributed by atoms with Crippen LogP contribution in [0.5, 0.6) is 0 Å². The maximum absolute atomic E-state index is 12.1. The number of imide groups is 1. The highest BCUT2D eigenvalue weighted by Gasteiger charge is 2.33. The standard InChI is InChI=1S/C21H17N3O2S2/c1-14-10-12-16(13-11-14)20(25)22-21(26)27-23-28-24-18-9-5-8-17(19(18)24)15-6-3-2-4-7-15/h2-13,23H,1H3,(H,22,25,26). The summed E-state index contributed by atoms with van der Waals surface area (Å²) in [6.45, 7) is 1.94. The molecule has 0 fully saturated rings. The fraction of sp³-hybridized carbons (Fsp3) is 0.0476. The molecule has 3 aromatic carbocycles. The van der Waals surface area contributed by atoms with Gasteiger partial charge < -0.3 is 0 Å². The Morgan fingerprint density at radius 1 is 0.893 bits per heavy atom. The summed E-state index contributed by atoms with van der Waals surface area (Å²) in [4.78, 5) is 24.1. The van der Waals surface area contributed by atoms with Crippen LogP contribution >= 0.6 is 24.1 Å². The second kappa shape index (κ2) is 8.10. The van der Waals surface area contributed by atoms with Crippen molar-refractivity contribution in [2.75, 3.05) is 4.31 Å². The molecule has 3 aromatic rings. The molecule has 0 radical (unpaired) electrons. The van der Waals surface area contributed by atoms with E-state index in [9.17, 15) is 9.59 Å². The fourth-order valence-electron chi connectivity index (χ4n) is 2.81. The number of para-hydroxylation sites is 1. The van der Waals surface area contributed by atoms with Gasteiger partial charge in [0.05, 0.1) is 23.5 Å². The smallest absolute Gasteiger partial charge is 0.282 e. The Kier molecular flexibility index (Phi) is 5.38. The van der Waals surface area contributed by atoms with Gasteiger partial charge in [0, 0.05) is 23.1 Å². The van der Waals surface area contributed by atoms with E-state index in [4.69, 9.17) is 0 Å². The van der Waals surface area contributed by atoms with Crippen molar-refractivity contribution in [3.63, 3.8) is 0 Å². The maximum atomic E-state index is 12.1. The van der Waals surface area contributed by atoms with E-state index in [2.05, 4.69) is 27.6 Å². The summed E-state index contributed by atoms with van der Waals surface area (Å²) in [5.41, 5.74) is 6.05. The first-order chi connectivity index (χ1) is 13.6. The molecular weight excluding hydrogens is 390 g/mol. The van der Waals surface area contributed by atoms with Gasteiger partial charge in [0.1, 0.15) is 0 Å². The fourth-order valence-corrected chi connectivity index (χ4v) is 4.19. The zero-order valence-electron chi connectivity index (χ0n) is 15.0. The van der Waals surface area contributed by atoms with Gasteiger partial charge in [-0.05, 0) is 30.7 Å². The van der Waals surface area contributed by atoms with Gasteiger partial charge in [0.25, 0.3) is 5.91 Å². The molecule has 1 aliphatic heterocycles. The van der Waals surface area contributed by atoms with Crippen LogP contribution in [0.3, 0.4) is 0 Å². The van der Waals surface area contributed by atoms with Crippen molar-refractivity contribution < 1.29 is 9.59 Å². The molecule has 1 aliphatic rings. The number of hydrogen-bond donors (Lipinski definition) is 2. The number of benzene rings is 3. The lowest BCUT2D eigenvalue weighted by molar-refractivity contribution is 0.0969. The summed E-state index contributed by atoms with van der Waals surface area (Å²) in [5.74, 6) is -0.411. The highest BCUT2D eigenvalue weighted by atomic mass is 32.2. The SMILES string of the molecule is Cc1ccc(C(=O)NC(=O)SNSN2c3cccc(-c4ccccc4)c32)cc1. The number of rotatable bonds is 5. The summed E-state index contributed by atoms with van der Waals surface area (Å²) >= 11 is 2.15. The molecule has 1 heterocycles. The van der Waals surface area contributed by atoms with Crippen molar-refractivity contribution in [2.45, 2.75) is 6.92 Å². The van der Waals surface area contributed by atoms with Gasteiger partial charge in [-0.3, -0.25) is 19.2 Å². The highest BCUT2D eigenvalue weighted by molar-refractivity contribution is 8.21. The molecule has 0 atom stereocenters. The van der Waals surface area contributed by atoms with E-state index >= 15 is 0 Å². The zero-order valence-corrected chi connectivity index (χ0v) is 16.6. The zero-order chi connectivity index (χ0) is 19.5. The topological polar surface area (TPSA) is 61.2 Å². The molecular formula is C21H17N3O2S2. The number of fused-ring (bicyclic) bond motifs is 1. The second-order valence-corrected chi connectivity index (χ2v) is 8.01. The molecule has 2 amide bonds. The van der Waals surface area contributed by atoms with Crippen LogP contribution in [0.15, 0.2) is 72.8 Å². The van der Waals surface area contributed by atoms with Crippen molar-refractivity contribution in [3.05, 3.63) is 83.9 Å². The Hall–Kier alpha value is -2.74. The minimum atomic E-state index is -0.452. The number of aryl methyl sites for hydroxylation is 1. The van der Waals surface area contributed by atoms with E-state index in [0.29, 0.717) is 5.56 Å². The number of carbonyl (C=O) groups excluding carboxylic acids is 2. The molecule has 2 N–H and O–H groups in total. The van der Waals surface area contributed by atoms with E-state index in [1.807, 2.05) is 53.7 Å². The Balaban J connectivity index is 1.29. The highest BCUT2D eigenvalue weighted by Crippen LogP contribution is 2.57. The van der Waals surface area contributed by atoms with E-state index in [0.717, 1.165) is 40.0 Å². The average Bonchev–Trinajstić information content (AvgIpc) is 3.42. The second-order valence-electron chi connectivity index (χ2n) is 6.22. The number of nitrogens with one attached hydrogen (secondary N) is 2. The predicted octanol–water partition coefficient (Wildman–Crippen LogP) is 5.46. The molecule has 0 unspecified atom stereocenters. The normalized spacial score (nSPS) is 11.7. The van der Waals surface area contributed by atoms with Crippen LogP contribution in [0.4, 0.5) is 16.2 Å². The first-order valence-corrected chi connectivity index (χ1v) is 10.2. The Morgan fingerprint density at radius 2 is 1.64 bits per heavy atom. The number of nitrogens with zero attached hydrogens (tertiary/aromatic N) is 1. The van der Waals surface area contributed by atoms with Crippen LogP contribution < -0.4 is 13.7 Å². The van der Waals surface area contributed by atoms with Crippen molar-refractivity contribution in [3.8, 4) is 11.1 Å². The van der Waals surface area contributed by atoms with E-state index in [1.165, 1.54) is 12.1 Å². The van der Waals surface area contributed by atoms with Crippen molar-refractivity contribution >= 4 is 46.6 Å². The lowest BCUT2D eigenvalue weighted by atomic mass is 10.1. The monoisotopic (exact) mass is 407 g/mol. The average molecular weight is 408 g/mol. The molecule has 0 saturated carbocycles. The molecule has 0 aromatic heterocycles. The third-order valence-corrected chi connectivity index (χ3v) is 5.74. The van der Waals surface area contributed by atoms with Crippen LogP contribution in [0.1, 0.15) is 15.9 Å². The first kappa shape index (κ1) is 18.6. The number of carbonyl (C=O) groups is 2. The van der Waals surface area contributed by atoms with E-state index < -0.39 is 11.1 Å². The lowest BCUT2D eigenvalue weighted by Gasteiger charge is -2.06. The van der Waals surface area contributed by atoms with Crippen LogP contribution in [-0.2, 0) is 0 Å². The van der Waals surface area contributed by atoms with Crippen LogP contribution in [0.2, 0.25) is 0 Å². The molecule has 4 rings (SSSR count). The summed E-state index contributed by atoms with van der Waals surface area (Å²) in [6, 6.07) is 23.4. The molecule has 5 nitrogen and oxygen atoms in total. The van der Waals surface area contributed by atoms with Crippen LogP contribution in [0, 0.1) is 6.92 Å². The molecule has 0 bridgehead atoms. The van der Waals surface area contributed by atoms with Gasteiger partial charge in [0.2, 0.25) is 0 Å². The Morgan fingerprint density at radius 3 is 2.39 bits per heavy atom. The van der Waals surface area contributed by atoms with E-state index in [-0.39, 0.29) is 0 Å². The third kappa shape index (κ3) is 4.06. The lowest BCUT2D eigenvalue weighted by Crippen LogP contribution is -2.28. The number of amides is 2. The van der Waals surface area contributed by atoms with Gasteiger partial charge in [-0.15, -0.1) is 0 Å². The maximum Gasteiger partial charge on any atom is 0.301 e. The van der Waals surface area contributed by atoms with Gasteiger partial charge in [0.15, 0.2) is 0 Å². The number of hydrogen-bond acceptors (Lipinski definition) is 6. The minimum absolute atomic E-state index is 0.411. The summed E-state index contributed by atoms with van der Waals surface area (Å²) < 4.78 is 4.95. The van der Waals surface area contributed by atoms with Gasteiger partial charge in [-0.1, -0.05) is 60.2 Å². The van der Waals surface area contributed by atoms with Crippen molar-refractivity contribution in [1.29, 1.82) is 0 Å². The Bertz CT molecular complexity index is 1020. The first-order valence-electron chi connectivity index (χ1n) is 8.63. The molecule has 7 heteroatoms. The molecule has 28 heavy (non-hydrogen) atoms. The third-order valence-electron chi connectivity index (χ3n) is 4.26. The van der Waals surface area contributed by atoms with Crippen molar-refractivity contribution in [2.24, 2.45) is 0 Å². The largest absolute Gasteiger partial charge is 0.301 e. The van der Waals surface area contributed by atoms with Gasteiger partial charge in [-0.2, -0.15) is 4.13 Å². The van der Waals surface area contributed by atoms with Crippen molar-refractivity contribution in [1.82, 2.24) is 9.44 Å². The Labute approximate surface area is 171 Å². The molecule has 0 aliphatic carbocycles. The van der Waals surface area contributed by atoms with Gasteiger partial charge in [-0.25, -0.2) is 0 Å². The predicted molar refractivity (Wildman–Crippen MR) is 116 cm³/mol. The minimum Gasteiger partial charge on any atom is -0.282 e. The van der Waals surface area contributed by atoms with Crippen LogP contribution in [-0.4, -0.2) is 11.1 Å². The quantitative estimate of drug-likeness (QED) is 0.432.